The molecular formula is C43H26N2O3. The first-order valence-corrected chi connectivity index (χ1v) is 16.0. The highest BCUT2D eigenvalue weighted by Crippen LogP contribution is 2.62. The Morgan fingerprint density at radius 3 is 1.60 bits per heavy atom. The van der Waals surface area contributed by atoms with Crippen LogP contribution in [0.5, 0.6) is 11.5 Å². The van der Waals surface area contributed by atoms with Crippen LogP contribution in [0.3, 0.4) is 0 Å². The Balaban J connectivity index is 1.20. The fourth-order valence-electron chi connectivity index (χ4n) is 7.45. The monoisotopic (exact) mass is 618 g/mol. The van der Waals surface area contributed by atoms with E-state index in [4.69, 9.17) is 23.5 Å². The lowest BCUT2D eigenvalue weighted by Gasteiger charge is -2.39. The molecule has 226 valence electrons. The van der Waals surface area contributed by atoms with Crippen molar-refractivity contribution in [2.45, 2.75) is 5.41 Å². The number of nitrogens with zero attached hydrogens (tertiary/aromatic N) is 2. The minimum absolute atomic E-state index is 0.555. The Hall–Kier alpha value is -6.46. The molecule has 0 saturated carbocycles. The average Bonchev–Trinajstić information content (AvgIpc) is 3.91. The van der Waals surface area contributed by atoms with Crippen LogP contribution in [0.15, 0.2) is 167 Å². The predicted molar refractivity (Wildman–Crippen MR) is 186 cm³/mol. The molecule has 0 saturated heterocycles. The molecule has 48 heavy (non-hydrogen) atoms. The molecule has 0 N–H and O–H groups in total. The summed E-state index contributed by atoms with van der Waals surface area (Å²) in [4.78, 5) is 9.44. The van der Waals surface area contributed by atoms with Crippen molar-refractivity contribution < 1.29 is 13.6 Å². The summed E-state index contributed by atoms with van der Waals surface area (Å²) in [5, 5.41) is 0. The van der Waals surface area contributed by atoms with Crippen LogP contribution >= 0.6 is 0 Å². The quantitative estimate of drug-likeness (QED) is 0.196. The number of fused-ring (bicyclic) bond motifs is 9. The van der Waals surface area contributed by atoms with E-state index in [1.54, 1.807) is 12.4 Å². The summed E-state index contributed by atoms with van der Waals surface area (Å²) in [6.45, 7) is 0. The molecule has 6 aromatic carbocycles. The number of oxazole rings is 2. The van der Waals surface area contributed by atoms with Crippen LogP contribution in [0.1, 0.15) is 22.3 Å². The summed E-state index contributed by atoms with van der Waals surface area (Å²) in [6, 6.07) is 49.9. The normalized spacial score (nSPS) is 15.3. The Morgan fingerprint density at radius 1 is 0.396 bits per heavy atom. The second kappa shape index (κ2) is 10.3. The summed E-state index contributed by atoms with van der Waals surface area (Å²) in [7, 11) is 0. The van der Waals surface area contributed by atoms with Crippen molar-refractivity contribution in [1.82, 2.24) is 9.97 Å². The Morgan fingerprint density at radius 2 is 0.917 bits per heavy atom. The topological polar surface area (TPSA) is 61.3 Å². The van der Waals surface area contributed by atoms with E-state index in [9.17, 15) is 0 Å². The molecule has 1 aliphatic carbocycles. The summed E-state index contributed by atoms with van der Waals surface area (Å²) < 4.78 is 19.4. The lowest BCUT2D eigenvalue weighted by Crippen LogP contribution is -2.32. The van der Waals surface area contributed by atoms with Gasteiger partial charge in [-0.3, -0.25) is 0 Å². The minimum Gasteiger partial charge on any atom is -0.457 e. The Kier molecular flexibility index (Phi) is 5.72. The number of ether oxygens (including phenoxy) is 1. The van der Waals surface area contributed by atoms with Crippen LogP contribution in [0.2, 0.25) is 0 Å². The summed E-state index contributed by atoms with van der Waals surface area (Å²) in [5.74, 6) is 4.21. The molecule has 5 heteroatoms. The van der Waals surface area contributed by atoms with Crippen LogP contribution in [0, 0.1) is 0 Å². The lowest BCUT2D eigenvalue weighted by atomic mass is 9.65. The molecule has 2 aromatic heterocycles. The molecule has 3 heterocycles. The van der Waals surface area contributed by atoms with Gasteiger partial charge < -0.3 is 13.6 Å². The van der Waals surface area contributed by atoms with Gasteiger partial charge in [0.1, 0.15) is 11.5 Å². The first-order valence-electron chi connectivity index (χ1n) is 16.0. The summed E-state index contributed by atoms with van der Waals surface area (Å²) >= 11 is 0. The number of para-hydroxylation sites is 1. The molecule has 2 aliphatic rings. The Labute approximate surface area is 276 Å². The molecule has 0 amide bonds. The van der Waals surface area contributed by atoms with Crippen LogP contribution in [-0.2, 0) is 5.41 Å². The molecule has 5 nitrogen and oxygen atoms in total. The van der Waals surface area contributed by atoms with Gasteiger partial charge in [-0.2, -0.15) is 0 Å². The van der Waals surface area contributed by atoms with Crippen LogP contribution < -0.4 is 4.74 Å². The van der Waals surface area contributed by atoms with E-state index in [2.05, 4.69) is 66.7 Å². The van der Waals surface area contributed by atoms with E-state index in [0.717, 1.165) is 62.0 Å². The van der Waals surface area contributed by atoms with E-state index in [0.29, 0.717) is 11.8 Å². The van der Waals surface area contributed by atoms with Gasteiger partial charge in [-0.05, 0) is 58.7 Å². The first kappa shape index (κ1) is 26.7. The smallest absolute Gasteiger partial charge is 0.226 e. The van der Waals surface area contributed by atoms with Gasteiger partial charge in [-0.25, -0.2) is 9.97 Å². The number of hydrogen-bond donors (Lipinski definition) is 0. The molecule has 1 aliphatic heterocycles. The van der Waals surface area contributed by atoms with Crippen molar-refractivity contribution in [3.63, 3.8) is 0 Å². The van der Waals surface area contributed by atoms with E-state index >= 15 is 0 Å². The average molecular weight is 619 g/mol. The maximum absolute atomic E-state index is 6.64. The van der Waals surface area contributed by atoms with Crippen molar-refractivity contribution in [2.75, 3.05) is 0 Å². The second-order valence-corrected chi connectivity index (χ2v) is 12.2. The maximum atomic E-state index is 6.64. The van der Waals surface area contributed by atoms with Crippen molar-refractivity contribution in [1.29, 1.82) is 0 Å². The highest BCUT2D eigenvalue weighted by atomic mass is 16.5. The molecule has 0 bridgehead atoms. The minimum atomic E-state index is -0.675. The van der Waals surface area contributed by atoms with Crippen LogP contribution in [0.4, 0.5) is 0 Å². The molecule has 8 aromatic rings. The third kappa shape index (κ3) is 3.85. The zero-order valence-electron chi connectivity index (χ0n) is 25.6. The number of aromatic nitrogens is 2. The van der Waals surface area contributed by atoms with E-state index in [-0.39, 0.29) is 0 Å². The van der Waals surface area contributed by atoms with Crippen molar-refractivity contribution in [2.24, 2.45) is 0 Å². The molecule has 0 radical (unpaired) electrons. The maximum Gasteiger partial charge on any atom is 0.226 e. The predicted octanol–water partition coefficient (Wildman–Crippen LogP) is 10.8. The van der Waals surface area contributed by atoms with Crippen LogP contribution in [-0.4, -0.2) is 9.97 Å². The zero-order chi connectivity index (χ0) is 31.7. The number of rotatable bonds is 4. The molecule has 1 atom stereocenters. The molecular weight excluding hydrogens is 592 g/mol. The van der Waals surface area contributed by atoms with E-state index in [1.807, 2.05) is 78.9 Å². The van der Waals surface area contributed by atoms with Crippen molar-refractivity contribution in [3.05, 3.63) is 180 Å². The van der Waals surface area contributed by atoms with Gasteiger partial charge in [0, 0.05) is 33.4 Å². The molecule has 0 fully saturated rings. The van der Waals surface area contributed by atoms with Gasteiger partial charge in [0.15, 0.2) is 11.5 Å². The van der Waals surface area contributed by atoms with E-state index in [1.165, 1.54) is 16.7 Å². The van der Waals surface area contributed by atoms with Crippen LogP contribution in [0.25, 0.3) is 56.7 Å². The lowest BCUT2D eigenvalue weighted by molar-refractivity contribution is 0.436. The summed E-state index contributed by atoms with van der Waals surface area (Å²) in [5.41, 5.74) is 9.88. The SMILES string of the molecule is c1ccc(-c2cnc(-c3ccc4c(c3)C3(c5ccccc5O4)c4ccccc4-c4ccc(-c5ncc(-c6ccccc6)o5)cc43)o2)cc1. The fraction of sp³-hybridized carbons (Fsp3) is 0.0233. The van der Waals surface area contributed by atoms with Crippen molar-refractivity contribution in [3.8, 4) is 68.2 Å². The standard InChI is InChI=1S/C43H26N2O3/c1-3-11-27(12-4-1)39-25-44-41(47-39)29-19-21-32-31-15-7-8-16-33(31)43(35(32)23-29)34-17-9-10-18-37(34)46-38-22-20-30(24-36(38)43)42-45-26-40(48-42)28-13-5-2-6-14-28/h1-26H. The Bertz CT molecular complexity index is 2500. The third-order valence-electron chi connectivity index (χ3n) is 9.56. The zero-order valence-corrected chi connectivity index (χ0v) is 25.6. The largest absolute Gasteiger partial charge is 0.457 e. The fourth-order valence-corrected chi connectivity index (χ4v) is 7.45. The van der Waals surface area contributed by atoms with Gasteiger partial charge in [-0.1, -0.05) is 109 Å². The van der Waals surface area contributed by atoms with Gasteiger partial charge >= 0.3 is 0 Å². The summed E-state index contributed by atoms with van der Waals surface area (Å²) in [6.07, 6.45) is 3.59. The van der Waals surface area contributed by atoms with Gasteiger partial charge in [0.25, 0.3) is 0 Å². The van der Waals surface area contributed by atoms with E-state index < -0.39 is 5.41 Å². The molecule has 1 spiro atoms. The second-order valence-electron chi connectivity index (χ2n) is 12.2. The van der Waals surface area contributed by atoms with Gasteiger partial charge in [-0.15, -0.1) is 0 Å². The molecule has 1 unspecified atom stereocenters. The van der Waals surface area contributed by atoms with Crippen molar-refractivity contribution >= 4 is 0 Å². The highest BCUT2D eigenvalue weighted by Gasteiger charge is 2.51. The molecule has 10 rings (SSSR count). The number of hydrogen-bond acceptors (Lipinski definition) is 5. The third-order valence-corrected chi connectivity index (χ3v) is 9.56. The highest BCUT2D eigenvalue weighted by molar-refractivity contribution is 5.90. The van der Waals surface area contributed by atoms with Gasteiger partial charge in [0.05, 0.1) is 17.8 Å². The number of benzene rings is 6. The first-order chi connectivity index (χ1) is 23.8. The van der Waals surface area contributed by atoms with Gasteiger partial charge in [0.2, 0.25) is 11.8 Å².